The van der Waals surface area contributed by atoms with Crippen molar-refractivity contribution in [2.45, 2.75) is 37.8 Å². The normalized spacial score (nSPS) is 24.9. The lowest BCUT2D eigenvalue weighted by atomic mass is 9.89. The van der Waals surface area contributed by atoms with Crippen LogP contribution in [0.15, 0.2) is 18.3 Å². The van der Waals surface area contributed by atoms with Gasteiger partial charge in [-0.3, -0.25) is 4.79 Å². The standard InChI is InChI=1S/C15H16N2O2/c18-13-7-12(8-13)17-15(19)14-6-5-11(9-16-14)4-3-10-1-2-10/h5-6,9-10,12-13,18H,1-2,7-8H2,(H,17,19). The fraction of sp³-hybridized carbons (Fsp3) is 0.467. The van der Waals surface area contributed by atoms with Gasteiger partial charge in [0, 0.05) is 23.7 Å². The summed E-state index contributed by atoms with van der Waals surface area (Å²) in [6, 6.07) is 3.60. The Hall–Kier alpha value is -1.86. The molecule has 2 N–H and O–H groups in total. The van der Waals surface area contributed by atoms with Crippen molar-refractivity contribution in [3.63, 3.8) is 0 Å². The van der Waals surface area contributed by atoms with Gasteiger partial charge in [0.2, 0.25) is 0 Å². The molecule has 2 aliphatic rings. The van der Waals surface area contributed by atoms with Crippen LogP contribution in [0.5, 0.6) is 0 Å². The van der Waals surface area contributed by atoms with E-state index in [0.717, 1.165) is 5.56 Å². The van der Waals surface area contributed by atoms with Crippen molar-refractivity contribution in [2.24, 2.45) is 5.92 Å². The van der Waals surface area contributed by atoms with E-state index in [9.17, 15) is 4.79 Å². The molecule has 0 aliphatic heterocycles. The van der Waals surface area contributed by atoms with Crippen LogP contribution in [-0.4, -0.2) is 28.1 Å². The lowest BCUT2D eigenvalue weighted by molar-refractivity contribution is 0.0560. The molecule has 2 fully saturated rings. The minimum Gasteiger partial charge on any atom is -0.393 e. The Balaban J connectivity index is 1.58. The molecule has 4 nitrogen and oxygen atoms in total. The summed E-state index contributed by atoms with van der Waals surface area (Å²) < 4.78 is 0. The monoisotopic (exact) mass is 256 g/mol. The van der Waals surface area contributed by atoms with Crippen molar-refractivity contribution >= 4 is 5.91 Å². The Morgan fingerprint density at radius 2 is 2.16 bits per heavy atom. The Morgan fingerprint density at radius 1 is 1.37 bits per heavy atom. The molecule has 1 heterocycles. The predicted octanol–water partition coefficient (Wildman–Crippen LogP) is 1.10. The zero-order valence-corrected chi connectivity index (χ0v) is 10.6. The number of carbonyl (C=O) groups excluding carboxylic acids is 1. The van der Waals surface area contributed by atoms with E-state index in [1.165, 1.54) is 12.8 Å². The maximum absolute atomic E-state index is 11.9. The molecule has 0 radical (unpaired) electrons. The maximum Gasteiger partial charge on any atom is 0.270 e. The van der Waals surface area contributed by atoms with Gasteiger partial charge < -0.3 is 10.4 Å². The summed E-state index contributed by atoms with van der Waals surface area (Å²) in [6.45, 7) is 0. The van der Waals surface area contributed by atoms with Crippen LogP contribution in [0.2, 0.25) is 0 Å². The van der Waals surface area contributed by atoms with Crippen molar-refractivity contribution in [2.75, 3.05) is 0 Å². The van der Waals surface area contributed by atoms with E-state index < -0.39 is 0 Å². The molecule has 3 rings (SSSR count). The quantitative estimate of drug-likeness (QED) is 0.779. The highest BCUT2D eigenvalue weighted by Crippen LogP contribution is 2.27. The summed E-state index contributed by atoms with van der Waals surface area (Å²) in [5.74, 6) is 6.60. The van der Waals surface area contributed by atoms with E-state index in [0.29, 0.717) is 24.5 Å². The van der Waals surface area contributed by atoms with E-state index >= 15 is 0 Å². The number of carbonyl (C=O) groups is 1. The van der Waals surface area contributed by atoms with E-state index in [1.807, 2.05) is 6.07 Å². The van der Waals surface area contributed by atoms with Gasteiger partial charge in [0.15, 0.2) is 0 Å². The van der Waals surface area contributed by atoms with Crippen molar-refractivity contribution in [3.05, 3.63) is 29.6 Å². The van der Waals surface area contributed by atoms with Gasteiger partial charge in [-0.1, -0.05) is 11.8 Å². The molecule has 0 bridgehead atoms. The summed E-state index contributed by atoms with van der Waals surface area (Å²) in [5, 5.41) is 12.0. The summed E-state index contributed by atoms with van der Waals surface area (Å²) in [4.78, 5) is 16.0. The number of nitrogens with one attached hydrogen (secondary N) is 1. The summed E-state index contributed by atoms with van der Waals surface area (Å²) >= 11 is 0. The molecule has 98 valence electrons. The third kappa shape index (κ3) is 3.12. The first-order chi connectivity index (χ1) is 9.20. The Bertz CT molecular complexity index is 532. The number of pyridine rings is 1. The van der Waals surface area contributed by atoms with Crippen LogP contribution in [0.1, 0.15) is 41.7 Å². The lowest BCUT2D eigenvalue weighted by Crippen LogP contribution is -2.46. The molecule has 4 heteroatoms. The molecule has 2 aliphatic carbocycles. The molecule has 1 aromatic rings. The molecule has 0 unspecified atom stereocenters. The maximum atomic E-state index is 11.9. The summed E-state index contributed by atoms with van der Waals surface area (Å²) in [7, 11) is 0. The summed E-state index contributed by atoms with van der Waals surface area (Å²) in [6.07, 6.45) is 5.05. The molecule has 0 aromatic carbocycles. The fourth-order valence-corrected chi connectivity index (χ4v) is 1.98. The van der Waals surface area contributed by atoms with Crippen LogP contribution >= 0.6 is 0 Å². The van der Waals surface area contributed by atoms with Crippen molar-refractivity contribution in [3.8, 4) is 11.8 Å². The Morgan fingerprint density at radius 3 is 2.74 bits per heavy atom. The smallest absolute Gasteiger partial charge is 0.270 e. The van der Waals surface area contributed by atoms with Crippen molar-refractivity contribution in [1.82, 2.24) is 10.3 Å². The van der Waals surface area contributed by atoms with Gasteiger partial charge in [-0.05, 0) is 37.8 Å². The second-order valence-corrected chi connectivity index (χ2v) is 5.27. The Kier molecular flexibility index (Phi) is 3.22. The first-order valence-electron chi connectivity index (χ1n) is 6.67. The van der Waals surface area contributed by atoms with Crippen LogP contribution < -0.4 is 5.32 Å². The fourth-order valence-electron chi connectivity index (χ4n) is 1.98. The number of aromatic nitrogens is 1. The molecule has 2 saturated carbocycles. The molecule has 19 heavy (non-hydrogen) atoms. The van der Waals surface area contributed by atoms with Gasteiger partial charge >= 0.3 is 0 Å². The third-order valence-electron chi connectivity index (χ3n) is 3.44. The SMILES string of the molecule is O=C(NC1CC(O)C1)c1ccc(C#CC2CC2)cn1. The van der Waals surface area contributed by atoms with Crippen LogP contribution in [0, 0.1) is 17.8 Å². The second kappa shape index (κ2) is 5.02. The first kappa shape index (κ1) is 12.2. The number of rotatable bonds is 2. The lowest BCUT2D eigenvalue weighted by Gasteiger charge is -2.31. The van der Waals surface area contributed by atoms with Crippen LogP contribution in [0.25, 0.3) is 0 Å². The van der Waals surface area contributed by atoms with E-state index in [4.69, 9.17) is 5.11 Å². The topological polar surface area (TPSA) is 62.2 Å². The number of hydrogen-bond acceptors (Lipinski definition) is 3. The van der Waals surface area contributed by atoms with E-state index in [2.05, 4.69) is 22.1 Å². The molecule has 0 spiro atoms. The molecular weight excluding hydrogens is 240 g/mol. The summed E-state index contributed by atoms with van der Waals surface area (Å²) in [5.41, 5.74) is 1.25. The van der Waals surface area contributed by atoms with Gasteiger partial charge in [-0.25, -0.2) is 4.98 Å². The highest BCUT2D eigenvalue weighted by molar-refractivity contribution is 5.92. The molecule has 1 amide bonds. The van der Waals surface area contributed by atoms with Gasteiger partial charge in [0.1, 0.15) is 5.69 Å². The van der Waals surface area contributed by atoms with Gasteiger partial charge in [0.05, 0.1) is 6.10 Å². The highest BCUT2D eigenvalue weighted by atomic mass is 16.3. The molecule has 0 atom stereocenters. The molecular formula is C15H16N2O2. The van der Waals surface area contributed by atoms with Gasteiger partial charge in [-0.15, -0.1) is 0 Å². The highest BCUT2D eigenvalue weighted by Gasteiger charge is 2.28. The Labute approximate surface area is 112 Å². The number of aliphatic hydroxyl groups is 1. The number of amides is 1. The van der Waals surface area contributed by atoms with Crippen LogP contribution in [0.3, 0.4) is 0 Å². The first-order valence-corrected chi connectivity index (χ1v) is 6.67. The predicted molar refractivity (Wildman–Crippen MR) is 70.3 cm³/mol. The number of aliphatic hydroxyl groups excluding tert-OH is 1. The molecule has 1 aromatic heterocycles. The number of nitrogens with zero attached hydrogens (tertiary/aromatic N) is 1. The zero-order chi connectivity index (χ0) is 13.2. The largest absolute Gasteiger partial charge is 0.393 e. The third-order valence-corrected chi connectivity index (χ3v) is 3.44. The average molecular weight is 256 g/mol. The zero-order valence-electron chi connectivity index (χ0n) is 10.6. The average Bonchev–Trinajstić information content (AvgIpc) is 3.19. The second-order valence-electron chi connectivity index (χ2n) is 5.27. The van der Waals surface area contributed by atoms with Crippen molar-refractivity contribution in [1.29, 1.82) is 0 Å². The van der Waals surface area contributed by atoms with Crippen molar-refractivity contribution < 1.29 is 9.90 Å². The van der Waals surface area contributed by atoms with E-state index in [1.54, 1.807) is 12.3 Å². The minimum atomic E-state index is -0.265. The van der Waals surface area contributed by atoms with Crippen LogP contribution in [-0.2, 0) is 0 Å². The van der Waals surface area contributed by atoms with Gasteiger partial charge in [-0.2, -0.15) is 0 Å². The van der Waals surface area contributed by atoms with Crippen LogP contribution in [0.4, 0.5) is 0 Å². The molecule has 0 saturated heterocycles. The van der Waals surface area contributed by atoms with E-state index in [-0.39, 0.29) is 18.1 Å². The number of hydrogen-bond donors (Lipinski definition) is 2. The minimum absolute atomic E-state index is 0.0821. The van der Waals surface area contributed by atoms with Gasteiger partial charge in [0.25, 0.3) is 5.91 Å².